The molecule has 32 heavy (non-hydrogen) atoms. The zero-order chi connectivity index (χ0) is 22.1. The molecule has 2 aliphatic rings. The second-order valence-electron chi connectivity index (χ2n) is 7.88. The number of fused-ring (bicyclic) bond motifs is 1. The molecule has 3 aromatic carbocycles. The van der Waals surface area contributed by atoms with Crippen molar-refractivity contribution in [2.45, 2.75) is 12.5 Å². The molecule has 5 nitrogen and oxygen atoms in total. The van der Waals surface area contributed by atoms with Crippen LogP contribution in [0.2, 0.25) is 0 Å². The summed E-state index contributed by atoms with van der Waals surface area (Å²) in [5.74, 6) is -0.490. The van der Waals surface area contributed by atoms with Crippen molar-refractivity contribution in [2.75, 3.05) is 10.6 Å². The van der Waals surface area contributed by atoms with Crippen molar-refractivity contribution in [1.82, 2.24) is 0 Å². The van der Waals surface area contributed by atoms with E-state index < -0.39 is 5.54 Å². The summed E-state index contributed by atoms with van der Waals surface area (Å²) < 4.78 is 0. The van der Waals surface area contributed by atoms with E-state index in [1.807, 2.05) is 91.0 Å². The molecular formula is C27H21N3O2. The number of allylic oxidation sites excluding steroid dienone is 1. The first-order valence-electron chi connectivity index (χ1n) is 10.4. The second kappa shape index (κ2) is 7.78. The number of anilines is 2. The topological polar surface area (TPSA) is 70.6 Å². The summed E-state index contributed by atoms with van der Waals surface area (Å²) >= 11 is 0. The van der Waals surface area contributed by atoms with Gasteiger partial charge in [0.05, 0.1) is 17.0 Å². The maximum absolute atomic E-state index is 13.8. The van der Waals surface area contributed by atoms with Gasteiger partial charge in [-0.25, -0.2) is 0 Å². The van der Waals surface area contributed by atoms with E-state index in [4.69, 9.17) is 0 Å². The van der Waals surface area contributed by atoms with Crippen molar-refractivity contribution in [3.63, 3.8) is 0 Å². The summed E-state index contributed by atoms with van der Waals surface area (Å²) in [6.45, 7) is 1.76. The number of rotatable bonds is 5. The molecule has 0 spiro atoms. The van der Waals surface area contributed by atoms with Gasteiger partial charge in [0, 0.05) is 17.5 Å². The van der Waals surface area contributed by atoms with E-state index in [2.05, 4.69) is 15.6 Å². The first-order chi connectivity index (χ1) is 15.6. The zero-order valence-electron chi connectivity index (χ0n) is 17.5. The van der Waals surface area contributed by atoms with Gasteiger partial charge in [0.25, 0.3) is 0 Å². The number of nitrogens with zero attached hydrogens (tertiary/aromatic N) is 1. The fraction of sp³-hybridized carbons (Fsp3) is 0.0741. The maximum atomic E-state index is 13.8. The third kappa shape index (κ3) is 3.34. The lowest BCUT2D eigenvalue weighted by molar-refractivity contribution is -0.119. The minimum absolute atomic E-state index is 0.193. The first kappa shape index (κ1) is 19.7. The minimum atomic E-state index is -1.15. The highest BCUT2D eigenvalue weighted by atomic mass is 16.1. The average molecular weight is 419 g/mol. The molecule has 1 aliphatic carbocycles. The third-order valence-corrected chi connectivity index (χ3v) is 5.70. The van der Waals surface area contributed by atoms with Gasteiger partial charge in [-0.2, -0.15) is 0 Å². The molecule has 5 heteroatoms. The quantitative estimate of drug-likeness (QED) is 0.579. The number of ketones is 2. The molecule has 1 aliphatic heterocycles. The van der Waals surface area contributed by atoms with E-state index in [0.717, 1.165) is 16.9 Å². The lowest BCUT2D eigenvalue weighted by Gasteiger charge is -2.23. The summed E-state index contributed by atoms with van der Waals surface area (Å²) in [7, 11) is 0. The lowest BCUT2D eigenvalue weighted by Crippen LogP contribution is -2.31. The largest absolute Gasteiger partial charge is 0.354 e. The highest BCUT2D eigenvalue weighted by Gasteiger charge is 2.48. The molecule has 5 rings (SSSR count). The van der Waals surface area contributed by atoms with E-state index in [1.165, 1.54) is 6.08 Å². The van der Waals surface area contributed by atoms with E-state index in [0.29, 0.717) is 17.0 Å². The Labute approximate surface area is 186 Å². The normalized spacial score (nSPS) is 19.9. The molecule has 0 radical (unpaired) electrons. The molecular weight excluding hydrogens is 398 g/mol. The van der Waals surface area contributed by atoms with Crippen LogP contribution in [-0.2, 0) is 15.1 Å². The van der Waals surface area contributed by atoms with Gasteiger partial charge in [-0.05, 0) is 36.8 Å². The van der Waals surface area contributed by atoms with Gasteiger partial charge < -0.3 is 10.6 Å². The number of hydrogen-bond donors (Lipinski definition) is 2. The van der Waals surface area contributed by atoms with E-state index in [-0.39, 0.29) is 17.3 Å². The predicted molar refractivity (Wildman–Crippen MR) is 126 cm³/mol. The fourth-order valence-electron chi connectivity index (χ4n) is 4.03. The number of aliphatic imine (C=N–C) groups is 1. The van der Waals surface area contributed by atoms with E-state index in [9.17, 15) is 9.59 Å². The predicted octanol–water partition coefficient (Wildman–Crippen LogP) is 4.87. The summed E-state index contributed by atoms with van der Waals surface area (Å²) in [5, 5.41) is 6.65. The minimum Gasteiger partial charge on any atom is -0.354 e. The Balaban J connectivity index is 1.65. The van der Waals surface area contributed by atoms with Crippen LogP contribution >= 0.6 is 0 Å². The number of para-hydroxylation sites is 2. The SMILES string of the molecule is CC1(c2ccccc2)N=C2C(=O)C=C(Nc3ccccc3)C(Nc3ccccc3)=C2C1=O. The smallest absolute Gasteiger partial charge is 0.206 e. The Morgan fingerprint density at radius 1 is 0.719 bits per heavy atom. The second-order valence-corrected chi connectivity index (χ2v) is 7.88. The number of nitrogens with one attached hydrogen (secondary N) is 2. The molecule has 0 amide bonds. The Kier molecular flexibility index (Phi) is 4.79. The van der Waals surface area contributed by atoms with Crippen LogP contribution in [0.25, 0.3) is 0 Å². The fourth-order valence-corrected chi connectivity index (χ4v) is 4.03. The van der Waals surface area contributed by atoms with Gasteiger partial charge in [0.15, 0.2) is 5.78 Å². The van der Waals surface area contributed by atoms with Gasteiger partial charge >= 0.3 is 0 Å². The molecule has 2 N–H and O–H groups in total. The molecule has 0 bridgehead atoms. The number of hydrogen-bond acceptors (Lipinski definition) is 5. The highest BCUT2D eigenvalue weighted by Crippen LogP contribution is 2.40. The Bertz CT molecular complexity index is 1290. The van der Waals surface area contributed by atoms with Gasteiger partial charge in [0.1, 0.15) is 11.3 Å². The average Bonchev–Trinajstić information content (AvgIpc) is 3.11. The van der Waals surface area contributed by atoms with Crippen LogP contribution in [0.1, 0.15) is 12.5 Å². The molecule has 0 saturated heterocycles. The third-order valence-electron chi connectivity index (χ3n) is 5.70. The molecule has 0 aromatic heterocycles. The molecule has 0 saturated carbocycles. The van der Waals surface area contributed by atoms with Gasteiger partial charge in [-0.15, -0.1) is 0 Å². The first-order valence-corrected chi connectivity index (χ1v) is 10.4. The van der Waals surface area contributed by atoms with E-state index in [1.54, 1.807) is 6.92 Å². The van der Waals surface area contributed by atoms with Crippen LogP contribution in [0.15, 0.2) is 119 Å². The Hall–Kier alpha value is -4.25. The maximum Gasteiger partial charge on any atom is 0.206 e. The van der Waals surface area contributed by atoms with Crippen LogP contribution in [0.3, 0.4) is 0 Å². The van der Waals surface area contributed by atoms with E-state index >= 15 is 0 Å². The van der Waals surface area contributed by atoms with Crippen LogP contribution in [0.5, 0.6) is 0 Å². The van der Waals surface area contributed by atoms with Gasteiger partial charge in [-0.1, -0.05) is 66.7 Å². The van der Waals surface area contributed by atoms with Crippen LogP contribution < -0.4 is 10.6 Å². The highest BCUT2D eigenvalue weighted by molar-refractivity contribution is 6.59. The molecule has 1 atom stereocenters. The zero-order valence-corrected chi connectivity index (χ0v) is 17.5. The Morgan fingerprint density at radius 3 is 1.84 bits per heavy atom. The van der Waals surface area contributed by atoms with Crippen molar-refractivity contribution in [3.05, 3.63) is 120 Å². The molecule has 3 aromatic rings. The van der Waals surface area contributed by atoms with Gasteiger partial charge in [0.2, 0.25) is 5.78 Å². The number of benzene rings is 3. The standard InChI is InChI=1S/C27H21N3O2/c1-27(18-11-5-2-6-12-18)26(32)23-24(29-20-15-9-4-10-16-20)21(17-22(31)25(23)30-27)28-19-13-7-3-8-14-19/h2-17,28-29H,1H3. The number of carbonyl (C=O) groups excluding carboxylic acids is 2. The lowest BCUT2D eigenvalue weighted by atomic mass is 9.84. The summed E-state index contributed by atoms with van der Waals surface area (Å²) in [4.78, 5) is 31.5. The van der Waals surface area contributed by atoms with Gasteiger partial charge in [-0.3, -0.25) is 14.6 Å². The van der Waals surface area contributed by atoms with Crippen LogP contribution in [0.4, 0.5) is 11.4 Å². The summed E-state index contributed by atoms with van der Waals surface area (Å²) in [6.07, 6.45) is 1.50. The van der Waals surface area contributed by atoms with Crippen LogP contribution in [-0.4, -0.2) is 17.3 Å². The number of carbonyl (C=O) groups is 2. The van der Waals surface area contributed by atoms with Crippen molar-refractivity contribution < 1.29 is 9.59 Å². The van der Waals surface area contributed by atoms with Crippen LogP contribution in [0, 0.1) is 0 Å². The van der Waals surface area contributed by atoms with Crippen molar-refractivity contribution in [1.29, 1.82) is 0 Å². The monoisotopic (exact) mass is 419 g/mol. The summed E-state index contributed by atoms with van der Waals surface area (Å²) in [5.41, 5.74) is 2.81. The van der Waals surface area contributed by atoms with Crippen molar-refractivity contribution in [2.24, 2.45) is 4.99 Å². The molecule has 156 valence electrons. The Morgan fingerprint density at radius 2 is 1.25 bits per heavy atom. The molecule has 1 unspecified atom stereocenters. The molecule has 0 fully saturated rings. The molecule has 1 heterocycles. The summed E-state index contributed by atoms with van der Waals surface area (Å²) in [6, 6.07) is 28.5. The van der Waals surface area contributed by atoms with Crippen molar-refractivity contribution in [3.8, 4) is 0 Å². The van der Waals surface area contributed by atoms with Crippen molar-refractivity contribution >= 4 is 28.7 Å². The number of Topliss-reactive ketones (excluding diaryl/α,β-unsaturated/α-hetero) is 1.